The van der Waals surface area contributed by atoms with Gasteiger partial charge in [-0.1, -0.05) is 19.1 Å². The summed E-state index contributed by atoms with van der Waals surface area (Å²) in [6.07, 6.45) is 2.36. The number of benzene rings is 1. The molecule has 0 saturated heterocycles. The van der Waals surface area contributed by atoms with Crippen molar-refractivity contribution in [1.82, 2.24) is 10.6 Å². The lowest BCUT2D eigenvalue weighted by atomic mass is 10.0. The van der Waals surface area contributed by atoms with Gasteiger partial charge in [0.25, 0.3) is 5.91 Å². The number of carbonyl (C=O) groups is 3. The summed E-state index contributed by atoms with van der Waals surface area (Å²) in [6.45, 7) is 7.59. The fourth-order valence-corrected chi connectivity index (χ4v) is 2.63. The van der Waals surface area contributed by atoms with Crippen molar-refractivity contribution in [2.24, 2.45) is 0 Å². The number of hydrogen-bond acceptors (Lipinski definition) is 5. The molecule has 0 radical (unpaired) electrons. The van der Waals surface area contributed by atoms with Crippen molar-refractivity contribution in [3.05, 3.63) is 35.1 Å². The molecule has 7 heteroatoms. The summed E-state index contributed by atoms with van der Waals surface area (Å²) in [5, 5.41) is 6.05. The van der Waals surface area contributed by atoms with Crippen LogP contribution in [0.1, 0.15) is 37.0 Å². The van der Waals surface area contributed by atoms with Gasteiger partial charge < -0.3 is 19.8 Å². The molecule has 7 nitrogen and oxygen atoms in total. The highest BCUT2D eigenvalue weighted by molar-refractivity contribution is 5.90. The van der Waals surface area contributed by atoms with Crippen LogP contribution < -0.4 is 10.6 Å². The van der Waals surface area contributed by atoms with Crippen LogP contribution in [0.25, 0.3) is 11.0 Å². The van der Waals surface area contributed by atoms with Crippen LogP contribution in [0.2, 0.25) is 0 Å². The molecule has 1 aromatic heterocycles. The predicted octanol–water partition coefficient (Wildman–Crippen LogP) is 2.17. The topological polar surface area (TPSA) is 97.6 Å². The smallest absolute Gasteiger partial charge is 0.310 e. The number of amides is 2. The summed E-state index contributed by atoms with van der Waals surface area (Å²) >= 11 is 0. The zero-order valence-corrected chi connectivity index (χ0v) is 16.2. The molecule has 0 saturated carbocycles. The Bertz CT molecular complexity index is 840. The molecular formula is C20H26N2O5. The first-order valence-corrected chi connectivity index (χ1v) is 9.02. The van der Waals surface area contributed by atoms with Crippen LogP contribution in [0.5, 0.6) is 0 Å². The van der Waals surface area contributed by atoms with E-state index in [9.17, 15) is 14.4 Å². The third-order valence-corrected chi connectivity index (χ3v) is 4.36. The Labute approximate surface area is 158 Å². The summed E-state index contributed by atoms with van der Waals surface area (Å²) in [5.41, 5.74) is 3.61. The van der Waals surface area contributed by atoms with Crippen molar-refractivity contribution < 1.29 is 23.5 Å². The molecule has 2 rings (SSSR count). The third-order valence-electron chi connectivity index (χ3n) is 4.36. The first-order valence-electron chi connectivity index (χ1n) is 9.02. The Morgan fingerprint density at radius 3 is 2.67 bits per heavy atom. The molecule has 0 aliphatic rings. The average Bonchev–Trinajstić information content (AvgIpc) is 3.04. The van der Waals surface area contributed by atoms with Gasteiger partial charge in [0.1, 0.15) is 11.6 Å². The number of furan rings is 1. The van der Waals surface area contributed by atoms with E-state index in [1.165, 1.54) is 0 Å². The van der Waals surface area contributed by atoms with Crippen LogP contribution in [0.3, 0.4) is 0 Å². The van der Waals surface area contributed by atoms with Crippen molar-refractivity contribution >= 4 is 28.8 Å². The fraction of sp³-hybridized carbons (Fsp3) is 0.450. The molecule has 0 spiro atoms. The maximum absolute atomic E-state index is 12.0. The SMILES string of the molecule is CCCNC(=O)[C@H](C)NC(=O)COC(=O)Cc1coc2c(C)c(C)ccc12. The first kappa shape index (κ1) is 20.5. The number of nitrogens with one attached hydrogen (secondary N) is 2. The number of esters is 1. The van der Waals surface area contributed by atoms with Crippen molar-refractivity contribution in [2.45, 2.75) is 46.6 Å². The van der Waals surface area contributed by atoms with Gasteiger partial charge in [-0.05, 0) is 38.3 Å². The van der Waals surface area contributed by atoms with E-state index in [2.05, 4.69) is 10.6 Å². The normalized spacial score (nSPS) is 11.9. The van der Waals surface area contributed by atoms with Crippen molar-refractivity contribution in [1.29, 1.82) is 0 Å². The second kappa shape index (κ2) is 9.21. The number of rotatable bonds is 8. The highest BCUT2D eigenvalue weighted by Gasteiger charge is 2.17. The lowest BCUT2D eigenvalue weighted by Crippen LogP contribution is -2.46. The molecule has 1 heterocycles. The van der Waals surface area contributed by atoms with E-state index >= 15 is 0 Å². The van der Waals surface area contributed by atoms with Gasteiger partial charge >= 0.3 is 5.97 Å². The molecule has 0 aliphatic carbocycles. The average molecular weight is 374 g/mol. The largest absolute Gasteiger partial charge is 0.464 e. The third kappa shape index (κ3) is 5.32. The molecule has 0 aliphatic heterocycles. The molecule has 1 atom stereocenters. The molecule has 27 heavy (non-hydrogen) atoms. The van der Waals surface area contributed by atoms with Crippen LogP contribution in [0, 0.1) is 13.8 Å². The van der Waals surface area contributed by atoms with Crippen LogP contribution >= 0.6 is 0 Å². The lowest BCUT2D eigenvalue weighted by Gasteiger charge is -2.13. The van der Waals surface area contributed by atoms with Crippen molar-refractivity contribution in [2.75, 3.05) is 13.2 Å². The second-order valence-corrected chi connectivity index (χ2v) is 6.56. The summed E-state index contributed by atoms with van der Waals surface area (Å²) in [6, 6.07) is 3.19. The standard InChI is InChI=1S/C20H26N2O5/c1-5-8-21-20(25)14(4)22-17(23)11-26-18(24)9-15-10-27-19-13(3)12(2)6-7-16(15)19/h6-7,10,14H,5,8-9,11H2,1-4H3,(H,21,25)(H,22,23)/t14-/m0/s1. The van der Waals surface area contributed by atoms with Gasteiger partial charge in [-0.3, -0.25) is 14.4 Å². The van der Waals surface area contributed by atoms with Gasteiger partial charge in [-0.2, -0.15) is 0 Å². The lowest BCUT2D eigenvalue weighted by molar-refractivity contribution is -0.148. The number of carbonyl (C=O) groups excluding carboxylic acids is 3. The Morgan fingerprint density at radius 2 is 1.96 bits per heavy atom. The van der Waals surface area contributed by atoms with E-state index in [4.69, 9.17) is 9.15 Å². The van der Waals surface area contributed by atoms with E-state index < -0.39 is 24.5 Å². The summed E-state index contributed by atoms with van der Waals surface area (Å²) < 4.78 is 10.6. The van der Waals surface area contributed by atoms with Crippen LogP contribution in [0.15, 0.2) is 22.8 Å². The van der Waals surface area contributed by atoms with Gasteiger partial charge in [-0.25, -0.2) is 0 Å². The molecule has 0 unspecified atom stereocenters. The minimum atomic E-state index is -0.688. The maximum atomic E-state index is 12.0. The number of ether oxygens (including phenoxy) is 1. The van der Waals surface area contributed by atoms with E-state index in [-0.39, 0.29) is 12.3 Å². The highest BCUT2D eigenvalue weighted by Crippen LogP contribution is 2.26. The molecule has 1 aromatic carbocycles. The monoisotopic (exact) mass is 374 g/mol. The van der Waals surface area contributed by atoms with Gasteiger partial charge in [-0.15, -0.1) is 0 Å². The molecule has 2 amide bonds. The quantitative estimate of drug-likeness (QED) is 0.690. The summed E-state index contributed by atoms with van der Waals surface area (Å²) in [7, 11) is 0. The van der Waals surface area contributed by atoms with Crippen molar-refractivity contribution in [3.8, 4) is 0 Å². The molecule has 2 N–H and O–H groups in total. The van der Waals surface area contributed by atoms with Crippen molar-refractivity contribution in [3.63, 3.8) is 0 Å². The zero-order chi connectivity index (χ0) is 20.0. The molecule has 2 aromatic rings. The Hall–Kier alpha value is -2.83. The first-order chi connectivity index (χ1) is 12.8. The minimum Gasteiger partial charge on any atom is -0.464 e. The Balaban J connectivity index is 1.85. The second-order valence-electron chi connectivity index (χ2n) is 6.56. The highest BCUT2D eigenvalue weighted by atomic mass is 16.5. The maximum Gasteiger partial charge on any atom is 0.310 e. The number of fused-ring (bicyclic) bond motifs is 1. The summed E-state index contributed by atoms with van der Waals surface area (Å²) in [5.74, 6) is -1.33. The van der Waals surface area contributed by atoms with Gasteiger partial charge in [0.05, 0.1) is 12.7 Å². The molecule has 0 fully saturated rings. The number of hydrogen-bond donors (Lipinski definition) is 2. The van der Waals surface area contributed by atoms with E-state index in [0.717, 1.165) is 28.5 Å². The van der Waals surface area contributed by atoms with Crippen LogP contribution in [-0.4, -0.2) is 37.0 Å². The van der Waals surface area contributed by atoms with Gasteiger partial charge in [0, 0.05) is 17.5 Å². The van der Waals surface area contributed by atoms with Gasteiger partial charge in [0.2, 0.25) is 5.91 Å². The number of aryl methyl sites for hydroxylation is 2. The Morgan fingerprint density at radius 1 is 1.22 bits per heavy atom. The van der Waals surface area contributed by atoms with Gasteiger partial charge in [0.15, 0.2) is 6.61 Å². The molecular weight excluding hydrogens is 348 g/mol. The van der Waals surface area contributed by atoms with E-state index in [0.29, 0.717) is 12.1 Å². The molecule has 0 bridgehead atoms. The zero-order valence-electron chi connectivity index (χ0n) is 16.2. The van der Waals surface area contributed by atoms with Crippen LogP contribution in [-0.2, 0) is 25.5 Å². The van der Waals surface area contributed by atoms with Crippen LogP contribution in [0.4, 0.5) is 0 Å². The Kier molecular flexibility index (Phi) is 6.98. The van der Waals surface area contributed by atoms with E-state index in [1.807, 2.05) is 32.9 Å². The predicted molar refractivity (Wildman–Crippen MR) is 101 cm³/mol. The molecule has 146 valence electrons. The minimum absolute atomic E-state index is 0.00925. The summed E-state index contributed by atoms with van der Waals surface area (Å²) in [4.78, 5) is 35.6. The van der Waals surface area contributed by atoms with E-state index in [1.54, 1.807) is 13.2 Å². The fourth-order valence-electron chi connectivity index (χ4n) is 2.63.